The van der Waals surface area contributed by atoms with Crippen LogP contribution in [0.25, 0.3) is 0 Å². The van der Waals surface area contributed by atoms with Gasteiger partial charge in [0.2, 0.25) is 0 Å². The zero-order chi connectivity index (χ0) is 20.9. The van der Waals surface area contributed by atoms with Crippen LogP contribution in [-0.4, -0.2) is 56.2 Å². The van der Waals surface area contributed by atoms with Gasteiger partial charge in [-0.2, -0.15) is 0 Å². The summed E-state index contributed by atoms with van der Waals surface area (Å²) >= 11 is 1.71. The predicted molar refractivity (Wildman–Crippen MR) is 116 cm³/mol. The van der Waals surface area contributed by atoms with E-state index in [0.29, 0.717) is 6.54 Å². The van der Waals surface area contributed by atoms with Crippen molar-refractivity contribution in [2.45, 2.75) is 32.4 Å². The third-order valence-electron chi connectivity index (χ3n) is 5.49. The summed E-state index contributed by atoms with van der Waals surface area (Å²) in [5.41, 5.74) is 1.15. The summed E-state index contributed by atoms with van der Waals surface area (Å²) in [7, 11) is 0. The number of aromatic nitrogens is 4. The van der Waals surface area contributed by atoms with Crippen LogP contribution in [0.3, 0.4) is 0 Å². The van der Waals surface area contributed by atoms with E-state index in [1.807, 2.05) is 22.9 Å². The van der Waals surface area contributed by atoms with Gasteiger partial charge in [0, 0.05) is 48.9 Å². The lowest BCUT2D eigenvalue weighted by atomic mass is 10.1. The number of nitro groups is 1. The Hall–Kier alpha value is -2.85. The molecule has 1 saturated heterocycles. The molecule has 1 fully saturated rings. The molecular weight excluding hydrogens is 402 g/mol. The van der Waals surface area contributed by atoms with Crippen molar-refractivity contribution < 1.29 is 4.92 Å². The number of hydrogen-bond acceptors (Lipinski definition) is 8. The van der Waals surface area contributed by atoms with Crippen molar-refractivity contribution in [3.63, 3.8) is 0 Å². The van der Waals surface area contributed by atoms with Crippen LogP contribution in [0.15, 0.2) is 41.8 Å². The number of hydrogen-bond donors (Lipinski definition) is 0. The van der Waals surface area contributed by atoms with Crippen LogP contribution in [0, 0.1) is 10.1 Å². The molecule has 3 heterocycles. The van der Waals surface area contributed by atoms with E-state index in [4.69, 9.17) is 0 Å². The standard InChI is InChI=1S/C20H25N7O2S/c1-2-4-19(20-21-22-23-26(20)15-18-5-3-14-30-18)25-12-10-24(11-13-25)16-6-8-17(9-7-16)27(28)29/h3,5-9,14,19H,2,4,10-13,15H2,1H3/t19-/m0/s1. The summed E-state index contributed by atoms with van der Waals surface area (Å²) < 4.78 is 1.93. The first-order valence-corrected chi connectivity index (χ1v) is 11.1. The molecule has 30 heavy (non-hydrogen) atoms. The monoisotopic (exact) mass is 427 g/mol. The highest BCUT2D eigenvalue weighted by atomic mass is 32.1. The minimum Gasteiger partial charge on any atom is -0.369 e. The van der Waals surface area contributed by atoms with Crippen molar-refractivity contribution in [1.29, 1.82) is 0 Å². The largest absolute Gasteiger partial charge is 0.369 e. The molecule has 0 radical (unpaired) electrons. The van der Waals surface area contributed by atoms with Crippen molar-refractivity contribution in [3.8, 4) is 0 Å². The Balaban J connectivity index is 1.44. The number of rotatable bonds is 8. The van der Waals surface area contributed by atoms with E-state index in [1.165, 1.54) is 4.88 Å². The summed E-state index contributed by atoms with van der Waals surface area (Å²) in [6, 6.07) is 11.1. The van der Waals surface area contributed by atoms with Crippen molar-refractivity contribution in [2.24, 2.45) is 0 Å². The molecule has 2 aromatic heterocycles. The Morgan fingerprint density at radius 3 is 2.57 bits per heavy atom. The van der Waals surface area contributed by atoms with Gasteiger partial charge in [-0.1, -0.05) is 19.4 Å². The van der Waals surface area contributed by atoms with Gasteiger partial charge in [-0.05, 0) is 40.4 Å². The fourth-order valence-electron chi connectivity index (χ4n) is 3.94. The number of nitro benzene ring substituents is 1. The molecule has 158 valence electrons. The highest BCUT2D eigenvalue weighted by molar-refractivity contribution is 7.09. The second kappa shape index (κ2) is 9.31. The summed E-state index contributed by atoms with van der Waals surface area (Å²) in [6.07, 6.45) is 2.06. The summed E-state index contributed by atoms with van der Waals surface area (Å²) in [5.74, 6) is 0.925. The number of nitrogens with zero attached hydrogens (tertiary/aromatic N) is 7. The molecule has 9 nitrogen and oxygen atoms in total. The van der Waals surface area contributed by atoms with Gasteiger partial charge in [-0.3, -0.25) is 15.0 Å². The first-order valence-electron chi connectivity index (χ1n) is 10.2. The second-order valence-corrected chi connectivity index (χ2v) is 8.41. The van der Waals surface area contributed by atoms with Crippen LogP contribution in [0.1, 0.15) is 36.5 Å². The molecule has 1 aliphatic heterocycles. The second-order valence-electron chi connectivity index (χ2n) is 7.38. The fourth-order valence-corrected chi connectivity index (χ4v) is 4.62. The minimum atomic E-state index is -0.364. The third kappa shape index (κ3) is 4.49. The Bertz CT molecular complexity index is 950. The first kappa shape index (κ1) is 20.4. The molecule has 0 amide bonds. The van der Waals surface area contributed by atoms with Crippen LogP contribution in [-0.2, 0) is 6.54 Å². The SMILES string of the molecule is CCC[C@@H](c1nnnn1Cc1cccs1)N1CCN(c2ccc([N+](=O)[O-])cc2)CC1. The van der Waals surface area contributed by atoms with E-state index in [0.717, 1.165) is 50.5 Å². The number of tetrazole rings is 1. The predicted octanol–water partition coefficient (Wildman–Crippen LogP) is 3.35. The summed E-state index contributed by atoms with van der Waals surface area (Å²) in [6.45, 7) is 6.41. The van der Waals surface area contributed by atoms with E-state index in [2.05, 4.69) is 43.7 Å². The van der Waals surface area contributed by atoms with E-state index in [1.54, 1.807) is 23.5 Å². The highest BCUT2D eigenvalue weighted by Gasteiger charge is 2.29. The number of non-ortho nitro benzene ring substituents is 1. The lowest BCUT2D eigenvalue weighted by molar-refractivity contribution is -0.384. The molecule has 4 rings (SSSR count). The van der Waals surface area contributed by atoms with Gasteiger partial charge in [0.05, 0.1) is 17.5 Å². The molecule has 1 aliphatic rings. The average Bonchev–Trinajstić information content (AvgIpc) is 3.45. The maximum atomic E-state index is 10.9. The molecule has 1 aromatic carbocycles. The maximum absolute atomic E-state index is 10.9. The molecule has 0 spiro atoms. The Labute approximate surface area is 179 Å². The molecular formula is C20H25N7O2S. The first-order chi connectivity index (χ1) is 14.7. The van der Waals surface area contributed by atoms with Gasteiger partial charge >= 0.3 is 0 Å². The highest BCUT2D eigenvalue weighted by Crippen LogP contribution is 2.28. The van der Waals surface area contributed by atoms with Crippen molar-refractivity contribution in [1.82, 2.24) is 25.1 Å². The number of anilines is 1. The van der Waals surface area contributed by atoms with Gasteiger partial charge in [0.15, 0.2) is 5.82 Å². The van der Waals surface area contributed by atoms with Gasteiger partial charge in [-0.25, -0.2) is 4.68 Å². The Kier molecular flexibility index (Phi) is 6.34. The average molecular weight is 428 g/mol. The van der Waals surface area contributed by atoms with E-state index in [-0.39, 0.29) is 16.7 Å². The molecule has 0 saturated carbocycles. The van der Waals surface area contributed by atoms with Gasteiger partial charge < -0.3 is 4.90 Å². The summed E-state index contributed by atoms with van der Waals surface area (Å²) in [4.78, 5) is 16.5. The number of thiophene rings is 1. The normalized spacial score (nSPS) is 16.0. The van der Waals surface area contributed by atoms with Gasteiger partial charge in [-0.15, -0.1) is 16.4 Å². The molecule has 0 bridgehead atoms. The number of benzene rings is 1. The number of piperazine rings is 1. The Morgan fingerprint density at radius 1 is 1.17 bits per heavy atom. The zero-order valence-corrected chi connectivity index (χ0v) is 17.7. The molecule has 0 aliphatic carbocycles. The third-order valence-corrected chi connectivity index (χ3v) is 6.35. The van der Waals surface area contributed by atoms with E-state index >= 15 is 0 Å². The fraction of sp³-hybridized carbons (Fsp3) is 0.450. The molecule has 0 unspecified atom stereocenters. The van der Waals surface area contributed by atoms with Crippen molar-refractivity contribution >= 4 is 22.7 Å². The lowest BCUT2D eigenvalue weighted by Gasteiger charge is -2.39. The lowest BCUT2D eigenvalue weighted by Crippen LogP contribution is -2.48. The quantitative estimate of drug-likeness (QED) is 0.402. The van der Waals surface area contributed by atoms with Crippen LogP contribution in [0.4, 0.5) is 11.4 Å². The molecule has 1 atom stereocenters. The smallest absolute Gasteiger partial charge is 0.269 e. The Morgan fingerprint density at radius 2 is 1.93 bits per heavy atom. The van der Waals surface area contributed by atoms with Crippen LogP contribution >= 0.6 is 11.3 Å². The summed E-state index contributed by atoms with van der Waals surface area (Å²) in [5, 5.41) is 25.5. The van der Waals surface area contributed by atoms with Crippen LogP contribution in [0.5, 0.6) is 0 Å². The maximum Gasteiger partial charge on any atom is 0.269 e. The van der Waals surface area contributed by atoms with Crippen LogP contribution < -0.4 is 4.90 Å². The van der Waals surface area contributed by atoms with E-state index in [9.17, 15) is 10.1 Å². The molecule has 3 aromatic rings. The van der Waals surface area contributed by atoms with Crippen molar-refractivity contribution in [3.05, 3.63) is 62.6 Å². The van der Waals surface area contributed by atoms with Crippen LogP contribution in [0.2, 0.25) is 0 Å². The van der Waals surface area contributed by atoms with E-state index < -0.39 is 0 Å². The molecule has 10 heteroatoms. The molecule has 0 N–H and O–H groups in total. The van der Waals surface area contributed by atoms with Gasteiger partial charge in [0.1, 0.15) is 0 Å². The minimum absolute atomic E-state index is 0.123. The van der Waals surface area contributed by atoms with Gasteiger partial charge in [0.25, 0.3) is 5.69 Å². The zero-order valence-electron chi connectivity index (χ0n) is 16.9. The van der Waals surface area contributed by atoms with Crippen molar-refractivity contribution in [2.75, 3.05) is 31.1 Å². The topological polar surface area (TPSA) is 93.2 Å².